The minimum Gasteiger partial charge on any atom is -0.352 e. The van der Waals surface area contributed by atoms with E-state index in [-0.39, 0.29) is 0 Å². The summed E-state index contributed by atoms with van der Waals surface area (Å²) in [4.78, 5) is 26.6. The van der Waals surface area contributed by atoms with Crippen molar-refractivity contribution in [3.05, 3.63) is 30.4 Å². The first-order chi connectivity index (χ1) is 12.3. The van der Waals surface area contributed by atoms with E-state index < -0.39 is 0 Å². The topological polar surface area (TPSA) is 75.9 Å². The molecule has 4 aromatic heterocycles. The fourth-order valence-corrected chi connectivity index (χ4v) is 4.19. The number of hydrogen-bond donors (Lipinski definition) is 0. The Morgan fingerprint density at radius 3 is 2.44 bits per heavy atom. The van der Waals surface area contributed by atoms with E-state index in [0.717, 1.165) is 59.2 Å². The Bertz CT molecular complexity index is 1050. The molecule has 8 nitrogen and oxygen atoms in total. The zero-order chi connectivity index (χ0) is 16.8. The Morgan fingerprint density at radius 2 is 1.60 bits per heavy atom. The molecular weight excluding hydrogens is 336 g/mol. The highest BCUT2D eigenvalue weighted by atomic mass is 32.1. The molecule has 0 unspecified atom stereocenters. The van der Waals surface area contributed by atoms with E-state index in [1.165, 1.54) is 0 Å². The van der Waals surface area contributed by atoms with Gasteiger partial charge in [-0.25, -0.2) is 24.9 Å². The molecule has 0 saturated carbocycles. The molecule has 5 heterocycles. The largest absolute Gasteiger partial charge is 0.352 e. The number of thiophene rings is 1. The van der Waals surface area contributed by atoms with Gasteiger partial charge >= 0.3 is 0 Å². The summed E-state index contributed by atoms with van der Waals surface area (Å²) in [6.45, 7) is 3.56. The Kier molecular flexibility index (Phi) is 3.27. The van der Waals surface area contributed by atoms with Crippen LogP contribution in [0, 0.1) is 0 Å². The molecule has 1 aliphatic rings. The molecular formula is C16H16N8S. The number of hydrogen-bond acceptors (Lipinski definition) is 8. The molecule has 5 rings (SSSR count). The van der Waals surface area contributed by atoms with Gasteiger partial charge in [0.15, 0.2) is 11.5 Å². The van der Waals surface area contributed by atoms with E-state index in [1.807, 2.05) is 17.7 Å². The van der Waals surface area contributed by atoms with E-state index in [9.17, 15) is 0 Å². The third kappa shape index (κ3) is 2.30. The SMILES string of the molecule is Cn1cnc2ncnc(N3CCN(c4ncnc5ccsc45)CC3)c21. The lowest BCUT2D eigenvalue weighted by Gasteiger charge is -2.36. The predicted molar refractivity (Wildman–Crippen MR) is 98.1 cm³/mol. The third-order valence-electron chi connectivity index (χ3n) is 4.59. The van der Waals surface area contributed by atoms with E-state index in [0.29, 0.717) is 0 Å². The Balaban J connectivity index is 1.43. The smallest absolute Gasteiger partial charge is 0.182 e. The first-order valence-corrected chi connectivity index (χ1v) is 8.99. The molecule has 0 atom stereocenters. The highest BCUT2D eigenvalue weighted by Crippen LogP contribution is 2.29. The molecule has 25 heavy (non-hydrogen) atoms. The quantitative estimate of drug-likeness (QED) is 0.543. The maximum Gasteiger partial charge on any atom is 0.182 e. The van der Waals surface area contributed by atoms with Crippen molar-refractivity contribution < 1.29 is 0 Å². The molecule has 0 spiro atoms. The number of imidazole rings is 1. The summed E-state index contributed by atoms with van der Waals surface area (Å²) in [5, 5.41) is 2.07. The van der Waals surface area contributed by atoms with Crippen LogP contribution in [-0.2, 0) is 7.05 Å². The van der Waals surface area contributed by atoms with Crippen LogP contribution in [0.15, 0.2) is 30.4 Å². The molecule has 0 radical (unpaired) electrons. The minimum atomic E-state index is 0.742. The molecule has 0 aromatic carbocycles. The average Bonchev–Trinajstić information content (AvgIpc) is 3.28. The van der Waals surface area contributed by atoms with Gasteiger partial charge < -0.3 is 14.4 Å². The number of nitrogens with zero attached hydrogens (tertiary/aromatic N) is 8. The molecule has 0 aliphatic carbocycles. The maximum absolute atomic E-state index is 4.52. The highest BCUT2D eigenvalue weighted by molar-refractivity contribution is 7.17. The van der Waals surface area contributed by atoms with Crippen LogP contribution in [0.4, 0.5) is 11.6 Å². The van der Waals surface area contributed by atoms with Crippen molar-refractivity contribution >= 4 is 44.4 Å². The Hall–Kier alpha value is -2.81. The summed E-state index contributed by atoms with van der Waals surface area (Å²) in [6, 6.07) is 2.04. The number of rotatable bonds is 2. The normalized spacial score (nSPS) is 15.4. The van der Waals surface area contributed by atoms with Crippen molar-refractivity contribution in [3.8, 4) is 0 Å². The summed E-state index contributed by atoms with van der Waals surface area (Å²) < 4.78 is 3.14. The van der Waals surface area contributed by atoms with Crippen LogP contribution in [0.3, 0.4) is 0 Å². The summed E-state index contributed by atoms with van der Waals surface area (Å²) in [5.41, 5.74) is 2.74. The zero-order valence-electron chi connectivity index (χ0n) is 13.7. The van der Waals surface area contributed by atoms with Crippen molar-refractivity contribution in [1.82, 2.24) is 29.5 Å². The lowest BCUT2D eigenvalue weighted by atomic mass is 10.3. The second-order valence-electron chi connectivity index (χ2n) is 6.03. The lowest BCUT2D eigenvalue weighted by molar-refractivity contribution is 0.643. The van der Waals surface area contributed by atoms with Crippen molar-refractivity contribution in [2.75, 3.05) is 36.0 Å². The minimum absolute atomic E-state index is 0.742. The van der Waals surface area contributed by atoms with E-state index in [2.05, 4.69) is 40.1 Å². The van der Waals surface area contributed by atoms with Gasteiger partial charge in [0.2, 0.25) is 0 Å². The van der Waals surface area contributed by atoms with Crippen molar-refractivity contribution in [1.29, 1.82) is 0 Å². The number of fused-ring (bicyclic) bond motifs is 2. The first kappa shape index (κ1) is 14.5. The third-order valence-corrected chi connectivity index (χ3v) is 5.49. The summed E-state index contributed by atoms with van der Waals surface area (Å²) in [6.07, 6.45) is 5.03. The second-order valence-corrected chi connectivity index (χ2v) is 6.95. The van der Waals surface area contributed by atoms with Gasteiger partial charge in [0.1, 0.15) is 24.0 Å². The van der Waals surface area contributed by atoms with Gasteiger partial charge in [-0.1, -0.05) is 0 Å². The van der Waals surface area contributed by atoms with Crippen molar-refractivity contribution in [2.45, 2.75) is 0 Å². The van der Waals surface area contributed by atoms with Crippen LogP contribution in [0.2, 0.25) is 0 Å². The van der Waals surface area contributed by atoms with Gasteiger partial charge in [-0.3, -0.25) is 0 Å². The van der Waals surface area contributed by atoms with Crippen LogP contribution in [0.5, 0.6) is 0 Å². The number of aryl methyl sites for hydroxylation is 1. The molecule has 0 bridgehead atoms. The number of anilines is 2. The Labute approximate surface area is 147 Å². The Morgan fingerprint density at radius 1 is 0.880 bits per heavy atom. The molecule has 1 aliphatic heterocycles. The maximum atomic E-state index is 4.52. The van der Waals surface area contributed by atoms with Crippen LogP contribution in [0.25, 0.3) is 21.4 Å². The van der Waals surface area contributed by atoms with E-state index >= 15 is 0 Å². The predicted octanol–water partition coefficient (Wildman–Crippen LogP) is 1.69. The molecule has 9 heteroatoms. The standard InChI is InChI=1S/C16H16N8S/c1-22-10-21-14-12(22)15(19-9-18-14)23-3-5-24(6-4-23)16-13-11(2-7-25-13)17-8-20-16/h2,7-10H,3-6H2,1H3. The van der Waals surface area contributed by atoms with Crippen LogP contribution >= 0.6 is 11.3 Å². The van der Waals surface area contributed by atoms with E-state index in [1.54, 1.807) is 30.3 Å². The molecule has 126 valence electrons. The number of aromatic nitrogens is 6. The average molecular weight is 352 g/mol. The number of piperazine rings is 1. The fraction of sp³-hybridized carbons (Fsp3) is 0.312. The summed E-state index contributed by atoms with van der Waals surface area (Å²) in [7, 11) is 1.98. The van der Waals surface area contributed by atoms with Crippen molar-refractivity contribution in [3.63, 3.8) is 0 Å². The van der Waals surface area contributed by atoms with Gasteiger partial charge in [0.25, 0.3) is 0 Å². The van der Waals surface area contributed by atoms with Gasteiger partial charge in [-0.2, -0.15) is 0 Å². The molecule has 1 fully saturated rings. The monoisotopic (exact) mass is 352 g/mol. The molecule has 0 N–H and O–H groups in total. The van der Waals surface area contributed by atoms with Gasteiger partial charge in [0, 0.05) is 33.2 Å². The highest BCUT2D eigenvalue weighted by Gasteiger charge is 2.23. The van der Waals surface area contributed by atoms with Crippen LogP contribution in [-0.4, -0.2) is 55.7 Å². The fourth-order valence-electron chi connectivity index (χ4n) is 3.33. The van der Waals surface area contributed by atoms with E-state index in [4.69, 9.17) is 0 Å². The van der Waals surface area contributed by atoms with Crippen molar-refractivity contribution in [2.24, 2.45) is 7.05 Å². The summed E-state index contributed by atoms with van der Waals surface area (Å²) >= 11 is 1.70. The van der Waals surface area contributed by atoms with Gasteiger partial charge in [-0.15, -0.1) is 11.3 Å². The van der Waals surface area contributed by atoms with Gasteiger partial charge in [-0.05, 0) is 11.4 Å². The first-order valence-electron chi connectivity index (χ1n) is 8.11. The van der Waals surface area contributed by atoms with Crippen LogP contribution < -0.4 is 9.80 Å². The van der Waals surface area contributed by atoms with Crippen LogP contribution in [0.1, 0.15) is 0 Å². The van der Waals surface area contributed by atoms with Gasteiger partial charge in [0.05, 0.1) is 16.5 Å². The molecule has 1 saturated heterocycles. The second kappa shape index (κ2) is 5.62. The summed E-state index contributed by atoms with van der Waals surface area (Å²) in [5.74, 6) is 1.99. The zero-order valence-corrected chi connectivity index (χ0v) is 14.5. The lowest BCUT2D eigenvalue weighted by Crippen LogP contribution is -2.47. The molecule has 4 aromatic rings. The molecule has 0 amide bonds.